The summed E-state index contributed by atoms with van der Waals surface area (Å²) in [5, 5.41) is 12.7. The molecule has 1 amide bonds. The highest BCUT2D eigenvalue weighted by atomic mass is 32.2. The predicted molar refractivity (Wildman–Crippen MR) is 117 cm³/mol. The predicted octanol–water partition coefficient (Wildman–Crippen LogP) is 1.69. The van der Waals surface area contributed by atoms with Crippen molar-refractivity contribution in [1.82, 2.24) is 15.2 Å². The van der Waals surface area contributed by atoms with Gasteiger partial charge in [0, 0.05) is 25.0 Å². The zero-order chi connectivity index (χ0) is 22.1. The van der Waals surface area contributed by atoms with Gasteiger partial charge in [0.05, 0.1) is 12.4 Å². The Morgan fingerprint density at radius 1 is 1.26 bits per heavy atom. The lowest BCUT2D eigenvalue weighted by atomic mass is 10.1. The van der Waals surface area contributed by atoms with Crippen molar-refractivity contribution < 1.29 is 22.7 Å². The number of hydrogen-bond acceptors (Lipinski definition) is 7. The number of furan rings is 1. The third kappa shape index (κ3) is 8.43. The van der Waals surface area contributed by atoms with E-state index in [-0.39, 0.29) is 12.3 Å². The van der Waals surface area contributed by atoms with Crippen LogP contribution < -0.4 is 5.32 Å². The molecule has 1 saturated heterocycles. The third-order valence-electron chi connectivity index (χ3n) is 5.30. The van der Waals surface area contributed by atoms with E-state index in [0.29, 0.717) is 18.6 Å². The molecule has 1 unspecified atom stereocenters. The monoisotopic (exact) mass is 449 g/mol. The molecule has 31 heavy (non-hydrogen) atoms. The maximum absolute atomic E-state index is 12.0. The van der Waals surface area contributed by atoms with Crippen molar-refractivity contribution in [3.63, 3.8) is 0 Å². The number of piperidine rings is 1. The van der Waals surface area contributed by atoms with Gasteiger partial charge in [0.2, 0.25) is 5.91 Å². The van der Waals surface area contributed by atoms with E-state index in [9.17, 15) is 18.3 Å². The lowest BCUT2D eigenvalue weighted by Gasteiger charge is -2.26. The van der Waals surface area contributed by atoms with Gasteiger partial charge in [-0.1, -0.05) is 6.42 Å². The number of hydrogen-bond donors (Lipinski definition) is 2. The van der Waals surface area contributed by atoms with E-state index in [0.717, 1.165) is 25.3 Å². The van der Waals surface area contributed by atoms with Crippen LogP contribution >= 0.6 is 0 Å². The van der Waals surface area contributed by atoms with Crippen molar-refractivity contribution in [2.75, 3.05) is 25.4 Å². The van der Waals surface area contributed by atoms with Gasteiger partial charge >= 0.3 is 0 Å². The van der Waals surface area contributed by atoms with E-state index in [1.165, 1.54) is 31.1 Å². The maximum atomic E-state index is 12.0. The number of rotatable bonds is 11. The van der Waals surface area contributed by atoms with Gasteiger partial charge in [-0.2, -0.15) is 0 Å². The summed E-state index contributed by atoms with van der Waals surface area (Å²) in [7, 11) is -3.63. The van der Waals surface area contributed by atoms with E-state index in [4.69, 9.17) is 4.42 Å². The number of sulfone groups is 1. The first-order chi connectivity index (χ1) is 14.9. The van der Waals surface area contributed by atoms with Gasteiger partial charge in [0.15, 0.2) is 9.84 Å². The van der Waals surface area contributed by atoms with E-state index in [1.807, 2.05) is 6.07 Å². The molecule has 2 aromatic heterocycles. The van der Waals surface area contributed by atoms with E-state index in [1.54, 1.807) is 18.3 Å². The molecule has 9 heteroatoms. The third-order valence-corrected chi connectivity index (χ3v) is 6.72. The maximum Gasteiger partial charge on any atom is 0.235 e. The van der Waals surface area contributed by atoms with Gasteiger partial charge in [-0.3, -0.25) is 14.7 Å². The fourth-order valence-corrected chi connectivity index (χ4v) is 4.90. The summed E-state index contributed by atoms with van der Waals surface area (Å²) in [6, 6.07) is 7.24. The van der Waals surface area contributed by atoms with Crippen molar-refractivity contribution in [3.05, 3.63) is 53.7 Å². The number of nitrogens with one attached hydrogen (secondary N) is 1. The topological polar surface area (TPSA) is 113 Å². The molecule has 0 aromatic carbocycles. The zero-order valence-electron chi connectivity index (χ0n) is 17.7. The number of aliphatic hydroxyl groups is 1. The van der Waals surface area contributed by atoms with Crippen LogP contribution in [0.4, 0.5) is 0 Å². The number of aliphatic hydroxyl groups excluding tert-OH is 1. The fraction of sp³-hybridized carbons (Fsp3) is 0.545. The molecule has 3 rings (SSSR count). The molecular weight excluding hydrogens is 418 g/mol. The first-order valence-corrected chi connectivity index (χ1v) is 12.6. The number of carbonyl (C=O) groups excluding carboxylic acids is 1. The Morgan fingerprint density at radius 3 is 2.81 bits per heavy atom. The summed E-state index contributed by atoms with van der Waals surface area (Å²) < 4.78 is 29.1. The smallest absolute Gasteiger partial charge is 0.235 e. The van der Waals surface area contributed by atoms with Gasteiger partial charge in [-0.15, -0.1) is 0 Å². The molecule has 1 aliphatic heterocycles. The Labute approximate surface area is 183 Å². The number of aryl methyl sites for hydroxylation is 1. The molecule has 8 nitrogen and oxygen atoms in total. The zero-order valence-corrected chi connectivity index (χ0v) is 18.5. The van der Waals surface area contributed by atoms with Crippen LogP contribution in [0.5, 0.6) is 0 Å². The second-order valence-electron chi connectivity index (χ2n) is 8.10. The van der Waals surface area contributed by atoms with Gasteiger partial charge in [-0.25, -0.2) is 8.42 Å². The van der Waals surface area contributed by atoms with Crippen molar-refractivity contribution >= 4 is 15.7 Å². The minimum Gasteiger partial charge on any atom is -0.468 e. The number of nitrogens with zero attached hydrogens (tertiary/aromatic N) is 2. The number of carbonyl (C=O) groups is 1. The van der Waals surface area contributed by atoms with Crippen molar-refractivity contribution in [2.45, 2.75) is 50.5 Å². The Morgan fingerprint density at radius 2 is 2.06 bits per heavy atom. The molecule has 1 aliphatic rings. The molecule has 0 radical (unpaired) electrons. The molecule has 0 saturated carbocycles. The summed E-state index contributed by atoms with van der Waals surface area (Å²) in [5.74, 6) is -1.30. The highest BCUT2D eigenvalue weighted by Crippen LogP contribution is 2.14. The summed E-state index contributed by atoms with van der Waals surface area (Å²) in [6.07, 6.45) is 7.24. The van der Waals surface area contributed by atoms with Gasteiger partial charge in [0.25, 0.3) is 0 Å². The van der Waals surface area contributed by atoms with Gasteiger partial charge in [0.1, 0.15) is 17.3 Å². The molecule has 2 aromatic rings. The summed E-state index contributed by atoms with van der Waals surface area (Å²) in [4.78, 5) is 18.8. The SMILES string of the molecule is O=C(CS(=O)(=O)Cc1ccco1)NCC(O)CCc1cc(CN2CCCCC2)ccn1. The Hall–Kier alpha value is -2.23. The minimum absolute atomic E-state index is 0.00255. The summed E-state index contributed by atoms with van der Waals surface area (Å²) in [5.41, 5.74) is 2.12. The van der Waals surface area contributed by atoms with Crippen molar-refractivity contribution in [3.8, 4) is 0 Å². The average Bonchev–Trinajstić information content (AvgIpc) is 3.23. The van der Waals surface area contributed by atoms with E-state index >= 15 is 0 Å². The normalized spacial score (nSPS) is 16.2. The van der Waals surface area contributed by atoms with Crippen LogP contribution in [0, 0.1) is 0 Å². The van der Waals surface area contributed by atoms with Crippen molar-refractivity contribution in [1.29, 1.82) is 0 Å². The molecule has 0 bridgehead atoms. The average molecular weight is 450 g/mol. The number of aromatic nitrogens is 1. The van der Waals surface area contributed by atoms with Gasteiger partial charge in [-0.05, 0) is 68.6 Å². The molecule has 1 atom stereocenters. The summed E-state index contributed by atoms with van der Waals surface area (Å²) in [6.45, 7) is 3.18. The van der Waals surface area contributed by atoms with E-state index < -0.39 is 27.6 Å². The molecule has 1 fully saturated rings. The Bertz CT molecular complexity index is 924. The van der Waals surface area contributed by atoms with E-state index in [2.05, 4.69) is 21.3 Å². The second kappa shape index (κ2) is 11.4. The Balaban J connectivity index is 1.38. The van der Waals surface area contributed by atoms with Crippen molar-refractivity contribution in [2.24, 2.45) is 0 Å². The first kappa shape index (κ1) is 23.4. The second-order valence-corrected chi connectivity index (χ2v) is 10.2. The summed E-state index contributed by atoms with van der Waals surface area (Å²) >= 11 is 0. The fourth-order valence-electron chi connectivity index (χ4n) is 3.70. The molecule has 3 heterocycles. The molecule has 2 N–H and O–H groups in total. The van der Waals surface area contributed by atoms with Crippen LogP contribution in [-0.4, -0.2) is 60.8 Å². The lowest BCUT2D eigenvalue weighted by molar-refractivity contribution is -0.119. The number of likely N-dealkylation sites (tertiary alicyclic amines) is 1. The molecule has 0 spiro atoms. The first-order valence-electron chi connectivity index (χ1n) is 10.7. The van der Waals surface area contributed by atoms with Crippen LogP contribution in [0.25, 0.3) is 0 Å². The molecule has 170 valence electrons. The quantitative estimate of drug-likeness (QED) is 0.537. The standard InChI is InChI=1S/C22H31N3O5S/c26-20(14-24-22(27)17-31(28,29)16-21-5-4-12-30-21)7-6-19-13-18(8-9-23-19)15-25-10-2-1-3-11-25/h4-5,8-9,12-13,20,26H,1-3,6-7,10-11,14-17H2,(H,24,27). The highest BCUT2D eigenvalue weighted by Gasteiger charge is 2.19. The largest absolute Gasteiger partial charge is 0.468 e. The van der Waals surface area contributed by atoms with Crippen LogP contribution in [-0.2, 0) is 33.4 Å². The Kier molecular flexibility index (Phi) is 8.62. The number of amides is 1. The lowest BCUT2D eigenvalue weighted by Crippen LogP contribution is -2.36. The molecular formula is C22H31N3O5S. The highest BCUT2D eigenvalue weighted by molar-refractivity contribution is 7.91. The van der Waals surface area contributed by atoms with Crippen LogP contribution in [0.15, 0.2) is 41.1 Å². The van der Waals surface area contributed by atoms with Crippen LogP contribution in [0.3, 0.4) is 0 Å². The molecule has 0 aliphatic carbocycles. The number of pyridine rings is 1. The minimum atomic E-state index is -3.63. The van der Waals surface area contributed by atoms with Gasteiger partial charge < -0.3 is 14.8 Å². The van der Waals surface area contributed by atoms with Crippen LogP contribution in [0.1, 0.15) is 42.7 Å². The van der Waals surface area contributed by atoms with Crippen LogP contribution in [0.2, 0.25) is 0 Å².